The average Bonchev–Trinajstić information content (AvgIpc) is 2.40. The van der Waals surface area contributed by atoms with Crippen LogP contribution >= 0.6 is 15.9 Å². The van der Waals surface area contributed by atoms with Crippen molar-refractivity contribution in [3.8, 4) is 0 Å². The van der Waals surface area contributed by atoms with E-state index in [4.69, 9.17) is 0 Å². The Bertz CT molecular complexity index is 654. The number of benzene rings is 1. The summed E-state index contributed by atoms with van der Waals surface area (Å²) < 4.78 is 2.28. The van der Waals surface area contributed by atoms with Gasteiger partial charge in [-0.2, -0.15) is 0 Å². The van der Waals surface area contributed by atoms with Crippen molar-refractivity contribution in [2.75, 3.05) is 6.54 Å². The maximum Gasteiger partial charge on any atom is 0.261 e. The highest BCUT2D eigenvalue weighted by Crippen LogP contribution is 2.14. The van der Waals surface area contributed by atoms with Gasteiger partial charge in [0, 0.05) is 17.1 Å². The van der Waals surface area contributed by atoms with Gasteiger partial charge in [0.1, 0.15) is 0 Å². The molecule has 1 aromatic carbocycles. The van der Waals surface area contributed by atoms with E-state index < -0.39 is 6.10 Å². The molecule has 0 aliphatic heterocycles. The monoisotopic (exact) mass is 339 g/mol. The summed E-state index contributed by atoms with van der Waals surface area (Å²) in [5, 5.41) is 13.6. The normalized spacial score (nSPS) is 13.1. The van der Waals surface area contributed by atoms with Gasteiger partial charge in [-0.15, -0.1) is 0 Å². The van der Waals surface area contributed by atoms with Crippen molar-refractivity contribution in [1.82, 2.24) is 14.9 Å². The van der Waals surface area contributed by atoms with Gasteiger partial charge in [0.2, 0.25) is 0 Å². The predicted octanol–water partition coefficient (Wildman–Crippen LogP) is 1.52. The molecule has 0 aliphatic rings. The lowest BCUT2D eigenvalue weighted by Crippen LogP contribution is -2.36. The van der Waals surface area contributed by atoms with E-state index in [0.29, 0.717) is 23.5 Å². The molecule has 6 heteroatoms. The summed E-state index contributed by atoms with van der Waals surface area (Å²) in [6, 6.07) is 5.69. The third kappa shape index (κ3) is 3.65. The zero-order valence-electron chi connectivity index (χ0n) is 11.5. The minimum Gasteiger partial charge on any atom is -0.390 e. The fraction of sp³-hybridized carbons (Fsp3) is 0.429. The second-order valence-corrected chi connectivity index (χ2v) is 6.00. The number of rotatable bonds is 5. The van der Waals surface area contributed by atoms with Crippen LogP contribution in [0, 0.1) is 0 Å². The zero-order chi connectivity index (χ0) is 14.7. The Kier molecular flexibility index (Phi) is 4.91. The van der Waals surface area contributed by atoms with Gasteiger partial charge < -0.3 is 10.4 Å². The second kappa shape index (κ2) is 6.47. The number of nitrogens with one attached hydrogen (secondary N) is 1. The van der Waals surface area contributed by atoms with Crippen LogP contribution < -0.4 is 10.9 Å². The SMILES string of the molecule is CC(C)NCC(O)Cn1cnc2ccc(Br)cc2c1=O. The molecule has 1 unspecified atom stereocenters. The van der Waals surface area contributed by atoms with E-state index in [0.717, 1.165) is 4.47 Å². The molecule has 2 rings (SSSR count). The molecule has 0 saturated carbocycles. The van der Waals surface area contributed by atoms with Crippen LogP contribution in [0.1, 0.15) is 13.8 Å². The molecular weight excluding hydrogens is 322 g/mol. The molecule has 0 aliphatic carbocycles. The molecular formula is C14H18BrN3O2. The van der Waals surface area contributed by atoms with Crippen LogP contribution in [0.5, 0.6) is 0 Å². The number of hydrogen-bond acceptors (Lipinski definition) is 4. The van der Waals surface area contributed by atoms with E-state index in [-0.39, 0.29) is 12.1 Å². The van der Waals surface area contributed by atoms with Gasteiger partial charge in [0.05, 0.1) is 29.9 Å². The fourth-order valence-electron chi connectivity index (χ4n) is 1.92. The van der Waals surface area contributed by atoms with Crippen LogP contribution in [0.4, 0.5) is 0 Å². The molecule has 0 bridgehead atoms. The molecule has 5 nitrogen and oxygen atoms in total. The topological polar surface area (TPSA) is 67.2 Å². The molecule has 0 fully saturated rings. The van der Waals surface area contributed by atoms with Crippen molar-refractivity contribution in [2.24, 2.45) is 0 Å². The Morgan fingerprint density at radius 3 is 2.90 bits per heavy atom. The second-order valence-electron chi connectivity index (χ2n) is 5.08. The first kappa shape index (κ1) is 15.2. The molecule has 0 radical (unpaired) electrons. The summed E-state index contributed by atoms with van der Waals surface area (Å²) in [6.07, 6.45) is 0.860. The van der Waals surface area contributed by atoms with Crippen molar-refractivity contribution in [3.63, 3.8) is 0 Å². The van der Waals surface area contributed by atoms with E-state index in [1.807, 2.05) is 19.9 Å². The highest BCUT2D eigenvalue weighted by Gasteiger charge is 2.10. The van der Waals surface area contributed by atoms with Crippen LogP contribution in [0.15, 0.2) is 33.8 Å². The van der Waals surface area contributed by atoms with Crippen molar-refractivity contribution < 1.29 is 5.11 Å². The molecule has 108 valence electrons. The molecule has 1 aromatic heterocycles. The van der Waals surface area contributed by atoms with Gasteiger partial charge in [-0.05, 0) is 18.2 Å². The van der Waals surface area contributed by atoms with E-state index in [9.17, 15) is 9.90 Å². The number of aliphatic hydroxyl groups excluding tert-OH is 1. The van der Waals surface area contributed by atoms with Gasteiger partial charge in [-0.3, -0.25) is 9.36 Å². The van der Waals surface area contributed by atoms with E-state index in [2.05, 4.69) is 26.2 Å². The van der Waals surface area contributed by atoms with E-state index in [1.165, 1.54) is 10.9 Å². The van der Waals surface area contributed by atoms with E-state index >= 15 is 0 Å². The molecule has 1 heterocycles. The Morgan fingerprint density at radius 1 is 1.45 bits per heavy atom. The van der Waals surface area contributed by atoms with Gasteiger partial charge in [-0.1, -0.05) is 29.8 Å². The summed E-state index contributed by atoms with van der Waals surface area (Å²) >= 11 is 3.35. The first-order chi connectivity index (χ1) is 9.47. The van der Waals surface area contributed by atoms with E-state index in [1.54, 1.807) is 12.1 Å². The molecule has 2 aromatic rings. The lowest BCUT2D eigenvalue weighted by molar-refractivity contribution is 0.147. The number of halogens is 1. The van der Waals surface area contributed by atoms with Crippen molar-refractivity contribution in [2.45, 2.75) is 32.5 Å². The number of nitrogens with zero attached hydrogens (tertiary/aromatic N) is 2. The Morgan fingerprint density at radius 2 is 2.20 bits per heavy atom. The third-order valence-electron chi connectivity index (χ3n) is 2.96. The van der Waals surface area contributed by atoms with Crippen LogP contribution in [0.25, 0.3) is 10.9 Å². The van der Waals surface area contributed by atoms with Gasteiger partial charge in [-0.25, -0.2) is 4.98 Å². The van der Waals surface area contributed by atoms with Crippen LogP contribution in [-0.4, -0.2) is 33.3 Å². The summed E-state index contributed by atoms with van der Waals surface area (Å²) in [4.78, 5) is 16.6. The summed E-state index contributed by atoms with van der Waals surface area (Å²) in [6.45, 7) is 4.69. The average molecular weight is 340 g/mol. The number of aliphatic hydroxyl groups is 1. The number of fused-ring (bicyclic) bond motifs is 1. The smallest absolute Gasteiger partial charge is 0.261 e. The molecule has 0 spiro atoms. The maximum absolute atomic E-state index is 12.3. The number of aromatic nitrogens is 2. The maximum atomic E-state index is 12.3. The van der Waals surface area contributed by atoms with Crippen LogP contribution in [0.3, 0.4) is 0 Å². The summed E-state index contributed by atoms with van der Waals surface area (Å²) in [5.74, 6) is 0. The summed E-state index contributed by atoms with van der Waals surface area (Å²) in [7, 11) is 0. The largest absolute Gasteiger partial charge is 0.390 e. The summed E-state index contributed by atoms with van der Waals surface area (Å²) in [5.41, 5.74) is 0.518. The number of hydrogen-bond donors (Lipinski definition) is 2. The van der Waals surface area contributed by atoms with Crippen molar-refractivity contribution >= 4 is 26.8 Å². The fourth-order valence-corrected chi connectivity index (χ4v) is 2.29. The van der Waals surface area contributed by atoms with Gasteiger partial charge in [0.25, 0.3) is 5.56 Å². The van der Waals surface area contributed by atoms with Crippen molar-refractivity contribution in [1.29, 1.82) is 0 Å². The lowest BCUT2D eigenvalue weighted by atomic mass is 10.2. The first-order valence-corrected chi connectivity index (χ1v) is 7.33. The van der Waals surface area contributed by atoms with Gasteiger partial charge in [0.15, 0.2) is 0 Å². The minimum absolute atomic E-state index is 0.139. The molecule has 0 amide bonds. The standard InChI is InChI=1S/C14H18BrN3O2/c1-9(2)16-6-11(19)7-18-8-17-13-4-3-10(15)5-12(13)14(18)20/h3-5,8-9,11,16,19H,6-7H2,1-2H3. The predicted molar refractivity (Wildman–Crippen MR) is 82.8 cm³/mol. The van der Waals surface area contributed by atoms with Crippen LogP contribution in [-0.2, 0) is 6.54 Å². The quantitative estimate of drug-likeness (QED) is 0.866. The van der Waals surface area contributed by atoms with Crippen LogP contribution in [0.2, 0.25) is 0 Å². The molecule has 20 heavy (non-hydrogen) atoms. The Labute approximate surface area is 125 Å². The lowest BCUT2D eigenvalue weighted by Gasteiger charge is -2.15. The molecule has 1 atom stereocenters. The Balaban J connectivity index is 2.22. The highest BCUT2D eigenvalue weighted by molar-refractivity contribution is 9.10. The van der Waals surface area contributed by atoms with Gasteiger partial charge >= 0.3 is 0 Å². The molecule has 0 saturated heterocycles. The van der Waals surface area contributed by atoms with Crippen molar-refractivity contribution in [3.05, 3.63) is 39.4 Å². The Hall–Kier alpha value is -1.24. The first-order valence-electron chi connectivity index (χ1n) is 6.53. The molecule has 2 N–H and O–H groups in total. The zero-order valence-corrected chi connectivity index (χ0v) is 13.1. The minimum atomic E-state index is -0.624. The highest BCUT2D eigenvalue weighted by atomic mass is 79.9. The third-order valence-corrected chi connectivity index (χ3v) is 3.45.